The number of pyridine rings is 1. The van der Waals surface area contributed by atoms with Crippen LogP contribution in [0.1, 0.15) is 47.6 Å². The Labute approximate surface area is 238 Å². The summed E-state index contributed by atoms with van der Waals surface area (Å²) < 4.78 is 68.8. The fourth-order valence-corrected chi connectivity index (χ4v) is 5.58. The molecule has 0 spiro atoms. The third-order valence-electron chi connectivity index (χ3n) is 7.84. The summed E-state index contributed by atoms with van der Waals surface area (Å²) in [4.78, 5) is 39.1. The molecule has 3 aliphatic heterocycles. The molecule has 4 aliphatic rings. The molecule has 5 N–H and O–H groups in total. The summed E-state index contributed by atoms with van der Waals surface area (Å²) in [6.07, 6.45) is -7.11. The number of methoxy groups -OCH3 is 1. The van der Waals surface area contributed by atoms with Gasteiger partial charge in [-0.2, -0.15) is 0 Å². The molecule has 7 atom stereocenters. The highest BCUT2D eigenvalue weighted by atomic mass is 19.1. The highest BCUT2D eigenvalue weighted by molar-refractivity contribution is 5.98. The lowest BCUT2D eigenvalue weighted by atomic mass is 9.94. The minimum absolute atomic E-state index is 0.00850. The van der Waals surface area contributed by atoms with Crippen LogP contribution in [-0.2, 0) is 14.3 Å². The minimum atomic E-state index is -2.41. The van der Waals surface area contributed by atoms with Gasteiger partial charge < -0.3 is 49.4 Å². The van der Waals surface area contributed by atoms with Crippen LogP contribution in [0, 0.1) is 11.7 Å². The number of rotatable bonds is 6. The SMILES string of the molecule is [2H]C1([2H])[C@@H]2CCCN[C@@H]2C([2H])([2H])N1c1c(F)cc2c(=O)c(C(=O)O[C@H]3O[C@@H](C(=O)O)[C@H](O)[C@@H](O)[C@@H]3O)cn(C3CC3)c2c1OC. The number of carbonyl (C=O) groups is 2. The Morgan fingerprint density at radius 1 is 1.17 bits per heavy atom. The van der Waals surface area contributed by atoms with E-state index in [9.17, 15) is 34.8 Å². The van der Waals surface area contributed by atoms with E-state index in [0.29, 0.717) is 32.2 Å². The van der Waals surface area contributed by atoms with E-state index >= 15 is 4.39 Å². The highest BCUT2D eigenvalue weighted by Gasteiger charge is 2.49. The molecule has 4 fully saturated rings. The molecule has 0 bridgehead atoms. The first kappa shape index (κ1) is 23.3. The molecule has 41 heavy (non-hydrogen) atoms. The van der Waals surface area contributed by atoms with Crippen molar-refractivity contribution in [3.05, 3.63) is 33.9 Å². The quantitative estimate of drug-likeness (QED) is 0.282. The Bertz CT molecular complexity index is 1600. The van der Waals surface area contributed by atoms with Crippen LogP contribution in [0.25, 0.3) is 10.9 Å². The number of hydrogen-bond acceptors (Lipinski definition) is 11. The number of aromatic nitrogens is 1. The van der Waals surface area contributed by atoms with Gasteiger partial charge in [0.1, 0.15) is 29.6 Å². The molecule has 13 nitrogen and oxygen atoms in total. The van der Waals surface area contributed by atoms with Crippen molar-refractivity contribution < 1.29 is 54.1 Å². The normalized spacial score (nSPS) is 35.5. The first-order chi connectivity index (χ1) is 21.1. The molecule has 1 saturated carbocycles. The maximum absolute atomic E-state index is 16.2. The van der Waals surface area contributed by atoms with Crippen molar-refractivity contribution in [2.75, 3.05) is 31.5 Å². The molecule has 0 amide bonds. The number of carboxylic acids is 1. The Balaban J connectivity index is 1.47. The number of carboxylic acid groups (broad SMARTS) is 1. The molecule has 1 aromatic carbocycles. The Morgan fingerprint density at radius 3 is 2.59 bits per heavy atom. The van der Waals surface area contributed by atoms with Crippen molar-refractivity contribution in [2.24, 2.45) is 5.92 Å². The molecule has 3 saturated heterocycles. The average Bonchev–Trinajstić information content (AvgIpc) is 3.81. The van der Waals surface area contributed by atoms with Crippen molar-refractivity contribution in [3.8, 4) is 5.75 Å². The van der Waals surface area contributed by atoms with E-state index in [-0.39, 0.29) is 22.7 Å². The number of aliphatic hydroxyl groups is 3. The number of fused-ring (bicyclic) bond motifs is 2. The van der Waals surface area contributed by atoms with Crippen LogP contribution >= 0.6 is 0 Å². The number of nitrogens with one attached hydrogen (secondary N) is 1. The number of aliphatic hydroxyl groups excluding tert-OH is 3. The van der Waals surface area contributed by atoms with Gasteiger partial charge in [-0.05, 0) is 44.2 Å². The number of benzene rings is 1. The first-order valence-electron chi connectivity index (χ1n) is 15.2. The predicted octanol–water partition coefficient (Wildman–Crippen LogP) is -0.279. The van der Waals surface area contributed by atoms with Crippen molar-refractivity contribution in [2.45, 2.75) is 68.5 Å². The first-order valence-corrected chi connectivity index (χ1v) is 13.2. The molecule has 4 heterocycles. The highest BCUT2D eigenvalue weighted by Crippen LogP contribution is 2.45. The molecule has 14 heteroatoms. The summed E-state index contributed by atoms with van der Waals surface area (Å²) in [5.74, 6) is -5.42. The van der Waals surface area contributed by atoms with E-state index in [0.717, 1.165) is 17.2 Å². The van der Waals surface area contributed by atoms with E-state index in [2.05, 4.69) is 5.32 Å². The van der Waals surface area contributed by atoms with Gasteiger partial charge in [-0.25, -0.2) is 14.0 Å². The number of piperidine rings is 1. The molecular weight excluding hydrogens is 545 g/mol. The second kappa shape index (κ2) is 10.5. The summed E-state index contributed by atoms with van der Waals surface area (Å²) in [5, 5.41) is 42.2. The molecule has 0 radical (unpaired) electrons. The molecule has 2 aromatic rings. The lowest BCUT2D eigenvalue weighted by Crippen LogP contribution is -2.60. The van der Waals surface area contributed by atoms with Gasteiger partial charge in [-0.1, -0.05) is 0 Å². The largest absolute Gasteiger partial charge is 0.492 e. The third kappa shape index (κ3) is 4.73. The van der Waals surface area contributed by atoms with Crippen LogP contribution in [0.2, 0.25) is 0 Å². The third-order valence-corrected chi connectivity index (χ3v) is 7.84. The number of esters is 1. The molecule has 222 valence electrons. The topological polar surface area (TPSA) is 180 Å². The van der Waals surface area contributed by atoms with Crippen LogP contribution in [0.5, 0.6) is 5.75 Å². The zero-order valence-corrected chi connectivity index (χ0v) is 21.8. The number of halogens is 1. The number of anilines is 1. The fourth-order valence-electron chi connectivity index (χ4n) is 5.58. The molecule has 1 aliphatic carbocycles. The maximum atomic E-state index is 16.2. The Morgan fingerprint density at radius 2 is 1.93 bits per heavy atom. The van der Waals surface area contributed by atoms with Crippen molar-refractivity contribution in [3.63, 3.8) is 0 Å². The van der Waals surface area contributed by atoms with Crippen LogP contribution in [0.3, 0.4) is 0 Å². The number of carbonyl (C=O) groups excluding carboxylic acids is 1. The smallest absolute Gasteiger partial charge is 0.346 e. The monoisotopic (exact) mass is 581 g/mol. The van der Waals surface area contributed by atoms with E-state index in [1.54, 1.807) is 0 Å². The minimum Gasteiger partial charge on any atom is -0.492 e. The molecule has 1 aromatic heterocycles. The predicted molar refractivity (Wildman–Crippen MR) is 139 cm³/mol. The van der Waals surface area contributed by atoms with E-state index < -0.39 is 90.1 Å². The summed E-state index contributed by atoms with van der Waals surface area (Å²) >= 11 is 0. The number of ether oxygens (including phenoxy) is 3. The van der Waals surface area contributed by atoms with Crippen LogP contribution in [0.4, 0.5) is 10.1 Å². The van der Waals surface area contributed by atoms with Crippen LogP contribution < -0.4 is 20.4 Å². The summed E-state index contributed by atoms with van der Waals surface area (Å²) in [6.45, 7) is -4.30. The van der Waals surface area contributed by atoms with Crippen molar-refractivity contribution in [1.29, 1.82) is 0 Å². The van der Waals surface area contributed by atoms with Gasteiger partial charge in [0.05, 0.1) is 20.8 Å². The second-order valence-corrected chi connectivity index (χ2v) is 10.6. The number of aliphatic carboxylic acids is 1. The maximum Gasteiger partial charge on any atom is 0.346 e. The number of nitrogens with zero attached hydrogens (tertiary/aromatic N) is 2. The van der Waals surface area contributed by atoms with Gasteiger partial charge >= 0.3 is 11.9 Å². The van der Waals surface area contributed by atoms with E-state index in [4.69, 9.17) is 19.7 Å². The lowest BCUT2D eigenvalue weighted by Gasteiger charge is -2.37. The standard InChI is InChI=1S/C27H32FN3O10/c1-39-23-17-13(7-15(28)18(23)30-8-11-3-2-6-29-16(11)10-30)19(32)14(9-31(17)12-4-5-12)26(38)41-27-22(35)20(33)21(34)24(40-27)25(36)37/h7,9,11-12,16,20-22,24,27,29,33-35H,2-6,8,10H2,1H3,(H,36,37)/t11-,16+,20+,21+,22-,24+,27+/m0/s1/i8D2,10D2. The Hall–Kier alpha value is -3.30. The van der Waals surface area contributed by atoms with Crippen molar-refractivity contribution in [1.82, 2.24) is 9.88 Å². The van der Waals surface area contributed by atoms with Gasteiger partial charge in [0, 0.05) is 34.0 Å². The summed E-state index contributed by atoms with van der Waals surface area (Å²) in [7, 11) is 1.18. The zero-order chi connectivity index (χ0) is 32.7. The van der Waals surface area contributed by atoms with Gasteiger partial charge in [-0.3, -0.25) is 4.79 Å². The van der Waals surface area contributed by atoms with E-state index in [1.165, 1.54) is 11.7 Å². The summed E-state index contributed by atoms with van der Waals surface area (Å²) in [6, 6.07) is -0.492. The van der Waals surface area contributed by atoms with Crippen LogP contribution in [-0.4, -0.2) is 100 Å². The van der Waals surface area contributed by atoms with E-state index in [1.807, 2.05) is 0 Å². The average molecular weight is 582 g/mol. The Kier molecular flexibility index (Phi) is 5.97. The van der Waals surface area contributed by atoms with Crippen LogP contribution in [0.15, 0.2) is 17.1 Å². The zero-order valence-electron chi connectivity index (χ0n) is 25.8. The molecule has 0 unspecified atom stereocenters. The number of hydrogen-bond donors (Lipinski definition) is 5. The van der Waals surface area contributed by atoms with Gasteiger partial charge in [0.2, 0.25) is 11.7 Å². The lowest BCUT2D eigenvalue weighted by molar-refractivity contribution is -0.278. The van der Waals surface area contributed by atoms with Crippen molar-refractivity contribution >= 4 is 28.5 Å². The molecule has 6 rings (SSSR count). The van der Waals surface area contributed by atoms with Gasteiger partial charge in [0.25, 0.3) is 0 Å². The van der Waals surface area contributed by atoms with Gasteiger partial charge in [0.15, 0.2) is 17.7 Å². The van der Waals surface area contributed by atoms with Gasteiger partial charge in [-0.15, -0.1) is 0 Å². The second-order valence-electron chi connectivity index (χ2n) is 10.6. The summed E-state index contributed by atoms with van der Waals surface area (Å²) in [5.41, 5.74) is -2.25. The fraction of sp³-hybridized carbons (Fsp3) is 0.593. The molecular formula is C27H32FN3O10.